The van der Waals surface area contributed by atoms with Crippen LogP contribution in [-0.2, 0) is 20.6 Å². The third-order valence-electron chi connectivity index (χ3n) is 4.57. The summed E-state index contributed by atoms with van der Waals surface area (Å²) in [5.41, 5.74) is 1.67. The third kappa shape index (κ3) is 7.70. The molecule has 35 heavy (non-hydrogen) atoms. The fourth-order valence-corrected chi connectivity index (χ4v) is 3.33. The molecule has 1 fully saturated rings. The van der Waals surface area contributed by atoms with Crippen molar-refractivity contribution < 1.29 is 37.0 Å². The van der Waals surface area contributed by atoms with Gasteiger partial charge in [-0.2, -0.15) is 18.3 Å². The Labute approximate surface area is 206 Å². The van der Waals surface area contributed by atoms with Crippen LogP contribution in [0, 0.1) is 0 Å². The fraction of sp³-hybridized carbons (Fsp3) is 0.273. The maximum absolute atomic E-state index is 12.8. The fourth-order valence-electron chi connectivity index (χ4n) is 2.76. The normalized spacial score (nSPS) is 13.3. The molecule has 2 aromatic rings. The first-order valence-electron chi connectivity index (χ1n) is 10.2. The molecule has 2 aromatic carbocycles. The largest absolute Gasteiger partial charge is 0.493 e. The van der Waals surface area contributed by atoms with E-state index >= 15 is 0 Å². The van der Waals surface area contributed by atoms with Crippen LogP contribution in [0.15, 0.2) is 46.0 Å². The van der Waals surface area contributed by atoms with Gasteiger partial charge in [0, 0.05) is 11.7 Å². The highest BCUT2D eigenvalue weighted by molar-refractivity contribution is 9.10. The molecule has 1 aliphatic rings. The number of ether oxygens (including phenoxy) is 2. The first-order chi connectivity index (χ1) is 16.6. The summed E-state index contributed by atoms with van der Waals surface area (Å²) in [6.45, 7) is -0.509. The minimum absolute atomic E-state index is 0.0288. The molecule has 0 aliphatic heterocycles. The summed E-state index contributed by atoms with van der Waals surface area (Å²) in [6, 6.07) is 7.32. The average Bonchev–Trinajstić information content (AvgIpc) is 3.61. The molecule has 0 saturated heterocycles. The van der Waals surface area contributed by atoms with Crippen LogP contribution in [-0.4, -0.2) is 43.7 Å². The van der Waals surface area contributed by atoms with E-state index in [1.165, 1.54) is 31.5 Å². The van der Waals surface area contributed by atoms with Crippen LogP contribution in [0.4, 0.5) is 18.9 Å². The summed E-state index contributed by atoms with van der Waals surface area (Å²) < 4.78 is 49.6. The number of hydrazone groups is 1. The molecule has 3 N–H and O–H groups in total. The highest BCUT2D eigenvalue weighted by Gasteiger charge is 2.30. The average molecular weight is 557 g/mol. The molecule has 0 radical (unpaired) electrons. The van der Waals surface area contributed by atoms with E-state index in [1.54, 1.807) is 6.07 Å². The van der Waals surface area contributed by atoms with Gasteiger partial charge in [0.05, 0.1) is 23.4 Å². The zero-order valence-electron chi connectivity index (χ0n) is 18.2. The Morgan fingerprint density at radius 3 is 2.57 bits per heavy atom. The lowest BCUT2D eigenvalue weighted by molar-refractivity contribution is -0.139. The molecule has 0 atom stereocenters. The van der Waals surface area contributed by atoms with Crippen LogP contribution < -0.4 is 25.5 Å². The van der Waals surface area contributed by atoms with Crippen LogP contribution in [0.25, 0.3) is 0 Å². The molecule has 3 amide bonds. The second-order valence-electron chi connectivity index (χ2n) is 7.40. The number of methoxy groups -OCH3 is 1. The predicted molar refractivity (Wildman–Crippen MR) is 123 cm³/mol. The summed E-state index contributed by atoms with van der Waals surface area (Å²) in [5.74, 6) is -1.97. The quantitative estimate of drug-likeness (QED) is 0.262. The standard InChI is InChI=1S/C22H20BrF3N4O5/c1-34-17-8-12(10-27-30-21(33)20(32)29-14-5-6-14)7-16(23)19(17)35-11-18(31)28-15-4-2-3-13(9-15)22(24,25)26/h2-4,7-10,14H,5-6,11H2,1H3,(H,28,31)(H,29,32)(H,30,33)/b27-10-. The van der Waals surface area contributed by atoms with Crippen molar-refractivity contribution >= 4 is 45.6 Å². The molecule has 1 saturated carbocycles. The minimum Gasteiger partial charge on any atom is -0.493 e. The number of nitrogens with one attached hydrogen (secondary N) is 3. The van der Waals surface area contributed by atoms with Crippen molar-refractivity contribution in [1.82, 2.24) is 10.7 Å². The van der Waals surface area contributed by atoms with E-state index < -0.39 is 36.1 Å². The van der Waals surface area contributed by atoms with E-state index in [0.717, 1.165) is 25.0 Å². The number of hydrogen-bond donors (Lipinski definition) is 3. The number of benzene rings is 2. The molecule has 0 heterocycles. The number of carbonyl (C=O) groups is 3. The maximum atomic E-state index is 12.8. The van der Waals surface area contributed by atoms with E-state index in [-0.39, 0.29) is 23.2 Å². The zero-order chi connectivity index (χ0) is 25.6. The third-order valence-corrected chi connectivity index (χ3v) is 5.16. The molecule has 0 spiro atoms. The molecule has 13 heteroatoms. The minimum atomic E-state index is -4.54. The number of anilines is 1. The highest BCUT2D eigenvalue weighted by Crippen LogP contribution is 2.36. The Balaban J connectivity index is 1.59. The van der Waals surface area contributed by atoms with Crippen molar-refractivity contribution in [2.75, 3.05) is 19.0 Å². The number of halogens is 4. The van der Waals surface area contributed by atoms with Crippen LogP contribution in [0.2, 0.25) is 0 Å². The lowest BCUT2D eigenvalue weighted by atomic mass is 10.2. The lowest BCUT2D eigenvalue weighted by Crippen LogP contribution is -2.38. The van der Waals surface area contributed by atoms with Gasteiger partial charge in [-0.05, 0) is 64.7 Å². The predicted octanol–water partition coefficient (Wildman–Crippen LogP) is 3.22. The Hall–Kier alpha value is -3.61. The van der Waals surface area contributed by atoms with Gasteiger partial charge >= 0.3 is 18.0 Å². The van der Waals surface area contributed by atoms with Crippen LogP contribution >= 0.6 is 15.9 Å². The summed E-state index contributed by atoms with van der Waals surface area (Å²) in [5, 5.41) is 8.61. The summed E-state index contributed by atoms with van der Waals surface area (Å²) in [7, 11) is 1.36. The van der Waals surface area contributed by atoms with Crippen molar-refractivity contribution in [2.45, 2.75) is 25.1 Å². The Kier molecular flexibility index (Phi) is 8.33. The maximum Gasteiger partial charge on any atom is 0.416 e. The van der Waals surface area contributed by atoms with Crippen molar-refractivity contribution in [1.29, 1.82) is 0 Å². The molecule has 0 aromatic heterocycles. The zero-order valence-corrected chi connectivity index (χ0v) is 19.8. The van der Waals surface area contributed by atoms with E-state index in [1.807, 2.05) is 0 Å². The molecule has 3 rings (SSSR count). The van der Waals surface area contributed by atoms with Crippen LogP contribution in [0.3, 0.4) is 0 Å². The van der Waals surface area contributed by atoms with Crippen molar-refractivity contribution in [3.63, 3.8) is 0 Å². The van der Waals surface area contributed by atoms with Gasteiger partial charge in [0.25, 0.3) is 5.91 Å². The number of nitrogens with zero attached hydrogens (tertiary/aromatic N) is 1. The van der Waals surface area contributed by atoms with E-state index in [0.29, 0.717) is 10.0 Å². The van der Waals surface area contributed by atoms with Gasteiger partial charge in [0.1, 0.15) is 0 Å². The smallest absolute Gasteiger partial charge is 0.416 e. The van der Waals surface area contributed by atoms with E-state index in [2.05, 4.69) is 37.1 Å². The molecular formula is C22H20BrF3N4O5. The molecule has 1 aliphatic carbocycles. The van der Waals surface area contributed by atoms with Crippen LogP contribution in [0.1, 0.15) is 24.0 Å². The van der Waals surface area contributed by atoms with Gasteiger partial charge in [-0.3, -0.25) is 14.4 Å². The summed E-state index contributed by atoms with van der Waals surface area (Å²) in [6.07, 6.45) is -1.57. The Bertz CT molecular complexity index is 1150. The Morgan fingerprint density at radius 1 is 1.17 bits per heavy atom. The lowest BCUT2D eigenvalue weighted by Gasteiger charge is -2.14. The van der Waals surface area contributed by atoms with E-state index in [4.69, 9.17) is 9.47 Å². The van der Waals surface area contributed by atoms with Gasteiger partial charge < -0.3 is 20.1 Å². The number of rotatable bonds is 8. The first-order valence-corrected chi connectivity index (χ1v) is 11.0. The summed E-state index contributed by atoms with van der Waals surface area (Å²) >= 11 is 3.29. The number of hydrogen-bond acceptors (Lipinski definition) is 6. The second-order valence-corrected chi connectivity index (χ2v) is 8.25. The SMILES string of the molecule is COc1cc(/C=N\NC(=O)C(=O)NC2CC2)cc(Br)c1OCC(=O)Nc1cccc(C(F)(F)F)c1. The molecule has 0 unspecified atom stereocenters. The number of alkyl halides is 3. The van der Waals surface area contributed by atoms with Crippen molar-refractivity contribution in [2.24, 2.45) is 5.10 Å². The molecule has 186 valence electrons. The van der Waals surface area contributed by atoms with Gasteiger partial charge in [-0.15, -0.1) is 0 Å². The second kappa shape index (κ2) is 11.2. The van der Waals surface area contributed by atoms with Gasteiger partial charge in [-0.1, -0.05) is 6.07 Å². The number of amides is 3. The molecule has 9 nitrogen and oxygen atoms in total. The van der Waals surface area contributed by atoms with Crippen molar-refractivity contribution in [3.8, 4) is 11.5 Å². The van der Waals surface area contributed by atoms with Gasteiger partial charge in [0.2, 0.25) is 0 Å². The summed E-state index contributed by atoms with van der Waals surface area (Å²) in [4.78, 5) is 35.5. The highest BCUT2D eigenvalue weighted by atomic mass is 79.9. The molecular weight excluding hydrogens is 537 g/mol. The Morgan fingerprint density at radius 2 is 1.91 bits per heavy atom. The first kappa shape index (κ1) is 26.0. The topological polar surface area (TPSA) is 118 Å². The number of carbonyl (C=O) groups excluding carboxylic acids is 3. The van der Waals surface area contributed by atoms with Gasteiger partial charge in [-0.25, -0.2) is 5.43 Å². The van der Waals surface area contributed by atoms with E-state index in [9.17, 15) is 27.6 Å². The van der Waals surface area contributed by atoms with Crippen LogP contribution in [0.5, 0.6) is 11.5 Å². The molecule has 0 bridgehead atoms. The monoisotopic (exact) mass is 556 g/mol. The van der Waals surface area contributed by atoms with Crippen molar-refractivity contribution in [3.05, 3.63) is 52.0 Å². The van der Waals surface area contributed by atoms with Gasteiger partial charge in [0.15, 0.2) is 18.1 Å².